The standard InChI is InChI=1S/C21H30N6O2/c1-11(2)29-18-7-16(22-17-4-12(3)26-27-17)23-20(24-18)25-19-14-5-13-6-15(19)10-21(28,8-13)9-14/h4,7,11,13-15,19,28H,5-6,8-10H2,1-3H3,(H3,22,23,24,25,26,27). The van der Waals surface area contributed by atoms with Crippen LogP contribution in [-0.2, 0) is 0 Å². The Balaban J connectivity index is 1.39. The van der Waals surface area contributed by atoms with Crippen LogP contribution in [0.5, 0.6) is 5.88 Å². The molecule has 4 fully saturated rings. The maximum Gasteiger partial charge on any atom is 0.228 e. The molecule has 4 bridgehead atoms. The predicted molar refractivity (Wildman–Crippen MR) is 110 cm³/mol. The molecular weight excluding hydrogens is 368 g/mol. The second-order valence-corrected chi connectivity index (χ2v) is 9.51. The summed E-state index contributed by atoms with van der Waals surface area (Å²) < 4.78 is 5.86. The number of ether oxygens (including phenoxy) is 1. The lowest BCUT2D eigenvalue weighted by Gasteiger charge is -2.58. The first-order chi connectivity index (χ1) is 13.8. The second-order valence-electron chi connectivity index (χ2n) is 9.51. The molecule has 2 unspecified atom stereocenters. The van der Waals surface area contributed by atoms with Crippen LogP contribution < -0.4 is 15.4 Å². The van der Waals surface area contributed by atoms with Gasteiger partial charge in [0, 0.05) is 23.9 Å². The highest BCUT2D eigenvalue weighted by Crippen LogP contribution is 2.56. The fraction of sp³-hybridized carbons (Fsp3) is 0.667. The number of aliphatic hydroxyl groups is 1. The van der Waals surface area contributed by atoms with Gasteiger partial charge in [-0.15, -0.1) is 0 Å². The molecule has 2 aromatic heterocycles. The van der Waals surface area contributed by atoms with Gasteiger partial charge in [-0.2, -0.15) is 15.1 Å². The van der Waals surface area contributed by atoms with Gasteiger partial charge >= 0.3 is 0 Å². The van der Waals surface area contributed by atoms with Crippen LogP contribution >= 0.6 is 0 Å². The molecule has 0 saturated heterocycles. The number of aryl methyl sites for hydroxylation is 1. The zero-order chi connectivity index (χ0) is 20.2. The number of anilines is 3. The van der Waals surface area contributed by atoms with Gasteiger partial charge in [-0.25, -0.2) is 0 Å². The van der Waals surface area contributed by atoms with Crippen molar-refractivity contribution in [2.24, 2.45) is 17.8 Å². The number of nitrogens with zero attached hydrogens (tertiary/aromatic N) is 3. The molecule has 4 saturated carbocycles. The molecule has 4 N–H and O–H groups in total. The van der Waals surface area contributed by atoms with E-state index in [4.69, 9.17) is 4.74 Å². The van der Waals surface area contributed by atoms with E-state index in [9.17, 15) is 5.11 Å². The highest BCUT2D eigenvalue weighted by atomic mass is 16.5. The van der Waals surface area contributed by atoms with Crippen LogP contribution in [0.3, 0.4) is 0 Å². The van der Waals surface area contributed by atoms with Crippen molar-refractivity contribution in [1.82, 2.24) is 20.2 Å². The Morgan fingerprint density at radius 2 is 1.90 bits per heavy atom. The van der Waals surface area contributed by atoms with E-state index in [-0.39, 0.29) is 6.10 Å². The summed E-state index contributed by atoms with van der Waals surface area (Å²) in [6.07, 6.45) is 5.16. The number of rotatable bonds is 6. The van der Waals surface area contributed by atoms with E-state index in [1.54, 1.807) is 6.07 Å². The predicted octanol–water partition coefficient (Wildman–Crippen LogP) is 3.39. The fourth-order valence-electron chi connectivity index (χ4n) is 5.83. The number of aromatic nitrogens is 4. The molecule has 0 radical (unpaired) electrons. The first-order valence-corrected chi connectivity index (χ1v) is 10.7. The lowest BCUT2D eigenvalue weighted by Crippen LogP contribution is -2.59. The van der Waals surface area contributed by atoms with Gasteiger partial charge in [0.15, 0.2) is 5.82 Å². The summed E-state index contributed by atoms with van der Waals surface area (Å²) in [5.41, 5.74) is 0.535. The third-order valence-electron chi connectivity index (χ3n) is 6.56. The molecule has 156 valence electrons. The highest BCUT2D eigenvalue weighted by Gasteiger charge is 2.54. The van der Waals surface area contributed by atoms with Crippen LogP contribution in [0.25, 0.3) is 0 Å². The average Bonchev–Trinajstić information content (AvgIpc) is 3.00. The van der Waals surface area contributed by atoms with Gasteiger partial charge in [0.1, 0.15) is 5.82 Å². The summed E-state index contributed by atoms with van der Waals surface area (Å²) in [6, 6.07) is 4.03. The monoisotopic (exact) mass is 398 g/mol. The van der Waals surface area contributed by atoms with E-state index in [0.717, 1.165) is 25.0 Å². The zero-order valence-electron chi connectivity index (χ0n) is 17.3. The Morgan fingerprint density at radius 3 is 2.52 bits per heavy atom. The molecule has 2 heterocycles. The molecule has 8 nitrogen and oxygen atoms in total. The minimum absolute atomic E-state index is 0.0219. The normalized spacial score (nSPS) is 32.6. The van der Waals surface area contributed by atoms with Crippen molar-refractivity contribution in [1.29, 1.82) is 0 Å². The van der Waals surface area contributed by atoms with Crippen molar-refractivity contribution in [2.45, 2.75) is 70.6 Å². The maximum atomic E-state index is 10.8. The van der Waals surface area contributed by atoms with Crippen molar-refractivity contribution in [2.75, 3.05) is 10.6 Å². The summed E-state index contributed by atoms with van der Waals surface area (Å²) in [5, 5.41) is 24.8. The number of hydrogen-bond donors (Lipinski definition) is 4. The molecule has 2 aromatic rings. The minimum atomic E-state index is -0.442. The van der Waals surface area contributed by atoms with Crippen molar-refractivity contribution < 1.29 is 9.84 Å². The Kier molecular flexibility index (Phi) is 4.42. The van der Waals surface area contributed by atoms with Gasteiger partial charge in [0.05, 0.1) is 11.7 Å². The topological polar surface area (TPSA) is 108 Å². The molecule has 6 rings (SSSR count). The molecule has 8 heteroatoms. The summed E-state index contributed by atoms with van der Waals surface area (Å²) in [5.74, 6) is 4.10. The molecule has 0 aromatic carbocycles. The molecule has 2 atom stereocenters. The SMILES string of the molecule is Cc1cc(Nc2cc(OC(C)C)nc(NC3C4CC5CC3CC(O)(C5)C4)n2)n[nH]1. The van der Waals surface area contributed by atoms with E-state index in [1.807, 2.05) is 26.8 Å². The first kappa shape index (κ1) is 18.7. The number of H-pyrrole nitrogens is 1. The van der Waals surface area contributed by atoms with Gasteiger partial charge in [-0.05, 0) is 70.6 Å². The molecule has 0 aliphatic heterocycles. The summed E-state index contributed by atoms with van der Waals surface area (Å²) >= 11 is 0. The lowest BCUT2D eigenvalue weighted by molar-refractivity contribution is -0.129. The number of aromatic amines is 1. The lowest BCUT2D eigenvalue weighted by atomic mass is 9.52. The van der Waals surface area contributed by atoms with Crippen molar-refractivity contribution in [3.8, 4) is 5.88 Å². The Hall–Kier alpha value is -2.35. The van der Waals surface area contributed by atoms with Crippen LogP contribution in [0.2, 0.25) is 0 Å². The van der Waals surface area contributed by atoms with E-state index in [2.05, 4.69) is 30.8 Å². The molecular formula is C21H30N6O2. The largest absolute Gasteiger partial charge is 0.475 e. The van der Waals surface area contributed by atoms with E-state index >= 15 is 0 Å². The minimum Gasteiger partial charge on any atom is -0.475 e. The van der Waals surface area contributed by atoms with Crippen LogP contribution in [0.15, 0.2) is 12.1 Å². The summed E-state index contributed by atoms with van der Waals surface area (Å²) in [7, 11) is 0. The van der Waals surface area contributed by atoms with Gasteiger partial charge in [-0.1, -0.05) is 0 Å². The van der Waals surface area contributed by atoms with Crippen molar-refractivity contribution in [3.05, 3.63) is 17.8 Å². The third kappa shape index (κ3) is 3.77. The maximum absolute atomic E-state index is 10.8. The molecule has 0 spiro atoms. The number of hydrogen-bond acceptors (Lipinski definition) is 7. The fourth-order valence-corrected chi connectivity index (χ4v) is 5.83. The highest BCUT2D eigenvalue weighted by molar-refractivity contribution is 5.55. The van der Waals surface area contributed by atoms with Crippen LogP contribution in [0, 0.1) is 24.7 Å². The zero-order valence-corrected chi connectivity index (χ0v) is 17.3. The Bertz CT molecular complexity index is 881. The summed E-state index contributed by atoms with van der Waals surface area (Å²) in [4.78, 5) is 9.30. The third-order valence-corrected chi connectivity index (χ3v) is 6.56. The van der Waals surface area contributed by atoms with Gasteiger partial charge in [0.25, 0.3) is 0 Å². The first-order valence-electron chi connectivity index (χ1n) is 10.7. The average molecular weight is 399 g/mol. The van der Waals surface area contributed by atoms with Crippen LogP contribution in [0.4, 0.5) is 17.6 Å². The number of nitrogens with one attached hydrogen (secondary N) is 3. The Labute approximate surface area is 170 Å². The van der Waals surface area contributed by atoms with Gasteiger partial charge in [-0.3, -0.25) is 5.10 Å². The molecule has 29 heavy (non-hydrogen) atoms. The molecule has 0 amide bonds. The smallest absolute Gasteiger partial charge is 0.228 e. The van der Waals surface area contributed by atoms with Crippen LogP contribution in [0.1, 0.15) is 51.6 Å². The Morgan fingerprint density at radius 1 is 1.14 bits per heavy atom. The van der Waals surface area contributed by atoms with Gasteiger partial charge in [0.2, 0.25) is 11.8 Å². The van der Waals surface area contributed by atoms with E-state index < -0.39 is 5.60 Å². The quantitative estimate of drug-likeness (QED) is 0.591. The molecule has 4 aliphatic rings. The van der Waals surface area contributed by atoms with Crippen LogP contribution in [-0.4, -0.2) is 43.0 Å². The van der Waals surface area contributed by atoms with Crippen molar-refractivity contribution in [3.63, 3.8) is 0 Å². The van der Waals surface area contributed by atoms with Gasteiger partial charge < -0.3 is 20.5 Å². The van der Waals surface area contributed by atoms with E-state index in [1.165, 1.54) is 12.8 Å². The summed E-state index contributed by atoms with van der Waals surface area (Å²) in [6.45, 7) is 5.93. The molecule has 4 aliphatic carbocycles. The van der Waals surface area contributed by atoms with E-state index in [0.29, 0.717) is 47.3 Å². The van der Waals surface area contributed by atoms with Crippen molar-refractivity contribution >= 4 is 17.6 Å². The second kappa shape index (κ2) is 6.86.